The molecule has 1 heterocycles. The van der Waals surface area contributed by atoms with E-state index in [9.17, 15) is 0 Å². The summed E-state index contributed by atoms with van der Waals surface area (Å²) in [7, 11) is 0. The lowest BCUT2D eigenvalue weighted by atomic mass is 9.98. The van der Waals surface area contributed by atoms with Gasteiger partial charge >= 0.3 is 0 Å². The maximum absolute atomic E-state index is 6.35. The number of furan rings is 1. The van der Waals surface area contributed by atoms with Gasteiger partial charge in [-0.3, -0.25) is 0 Å². The highest BCUT2D eigenvalue weighted by atomic mass is 16.3. The molecule has 0 atom stereocenters. The lowest BCUT2D eigenvalue weighted by Gasteiger charge is -2.26. The van der Waals surface area contributed by atoms with E-state index in [0.717, 1.165) is 61.3 Å². The molecule has 1 aromatic heterocycles. The van der Waals surface area contributed by atoms with E-state index in [1.54, 1.807) is 0 Å². The summed E-state index contributed by atoms with van der Waals surface area (Å²) in [6, 6.07) is 88.9. The summed E-state index contributed by atoms with van der Waals surface area (Å²) >= 11 is 0. The van der Waals surface area contributed by atoms with Crippen LogP contribution in [0, 0.1) is 0 Å². The van der Waals surface area contributed by atoms with Crippen molar-refractivity contribution in [2.45, 2.75) is 0 Å². The highest BCUT2D eigenvalue weighted by molar-refractivity contribution is 6.09. The molecule has 0 aliphatic rings. The monoisotopic (exact) mass is 791 g/mol. The van der Waals surface area contributed by atoms with Gasteiger partial charge in [-0.15, -0.1) is 0 Å². The molecule has 0 aliphatic carbocycles. The molecule has 2 heteroatoms. The SMILES string of the molecule is c1ccc(-c2ccc(-c3ccc(N(c4ccc(-c5ccc(-c6ccccc6)cc5)cc4)c4ccc(-c5ccc(-c6cccc7c6oc6ccccc67)cc5)cc4)cc3)cc2)cc1. The van der Waals surface area contributed by atoms with Crippen molar-refractivity contribution in [2.24, 2.45) is 0 Å². The van der Waals surface area contributed by atoms with Gasteiger partial charge in [0.05, 0.1) is 0 Å². The normalized spacial score (nSPS) is 11.2. The average molecular weight is 792 g/mol. The molecule has 0 saturated heterocycles. The van der Waals surface area contributed by atoms with Crippen LogP contribution in [0.15, 0.2) is 253 Å². The van der Waals surface area contributed by atoms with Crippen LogP contribution in [0.25, 0.3) is 88.7 Å². The highest BCUT2D eigenvalue weighted by Gasteiger charge is 2.15. The lowest BCUT2D eigenvalue weighted by Crippen LogP contribution is -2.09. The van der Waals surface area contributed by atoms with Gasteiger partial charge in [-0.2, -0.15) is 0 Å². The molecule has 0 saturated carbocycles. The Morgan fingerprint density at radius 1 is 0.226 bits per heavy atom. The Labute approximate surface area is 362 Å². The summed E-state index contributed by atoms with van der Waals surface area (Å²) in [5.41, 5.74) is 19.3. The predicted molar refractivity (Wildman–Crippen MR) is 261 cm³/mol. The van der Waals surface area contributed by atoms with Gasteiger partial charge in [-0.25, -0.2) is 0 Å². The van der Waals surface area contributed by atoms with Gasteiger partial charge in [-0.05, 0) is 104 Å². The van der Waals surface area contributed by atoms with Crippen LogP contribution in [0.2, 0.25) is 0 Å². The van der Waals surface area contributed by atoms with Crippen molar-refractivity contribution in [1.82, 2.24) is 0 Å². The van der Waals surface area contributed by atoms with Crippen LogP contribution in [0.3, 0.4) is 0 Å². The van der Waals surface area contributed by atoms with Crippen molar-refractivity contribution >= 4 is 39.0 Å². The fourth-order valence-corrected chi connectivity index (χ4v) is 8.64. The molecule has 0 N–H and O–H groups in total. The van der Waals surface area contributed by atoms with Crippen LogP contribution in [0.1, 0.15) is 0 Å². The fourth-order valence-electron chi connectivity index (χ4n) is 8.64. The Morgan fingerprint density at radius 3 is 0.935 bits per heavy atom. The summed E-state index contributed by atoms with van der Waals surface area (Å²) in [6.45, 7) is 0. The molecule has 11 aromatic rings. The second-order valence-electron chi connectivity index (χ2n) is 15.7. The van der Waals surface area contributed by atoms with Gasteiger partial charge in [0.25, 0.3) is 0 Å². The molecule has 10 aromatic carbocycles. The first kappa shape index (κ1) is 36.8. The van der Waals surface area contributed by atoms with Gasteiger partial charge < -0.3 is 9.32 Å². The van der Waals surface area contributed by atoms with Crippen LogP contribution >= 0.6 is 0 Å². The van der Waals surface area contributed by atoms with Crippen LogP contribution in [0.5, 0.6) is 0 Å². The first-order valence-corrected chi connectivity index (χ1v) is 21.2. The summed E-state index contributed by atoms with van der Waals surface area (Å²) in [4.78, 5) is 2.34. The van der Waals surface area contributed by atoms with E-state index >= 15 is 0 Å². The van der Waals surface area contributed by atoms with E-state index in [1.807, 2.05) is 12.1 Å². The van der Waals surface area contributed by atoms with Gasteiger partial charge in [0.2, 0.25) is 0 Å². The number of para-hydroxylation sites is 2. The van der Waals surface area contributed by atoms with Crippen molar-refractivity contribution < 1.29 is 4.42 Å². The second kappa shape index (κ2) is 16.1. The molecular formula is C60H41NO. The van der Waals surface area contributed by atoms with E-state index in [4.69, 9.17) is 4.42 Å². The highest BCUT2D eigenvalue weighted by Crippen LogP contribution is 2.40. The fraction of sp³-hybridized carbons (Fsp3) is 0. The Kier molecular flexibility index (Phi) is 9.57. The molecule has 0 bridgehead atoms. The predicted octanol–water partition coefficient (Wildman–Crippen LogP) is 17.1. The third-order valence-electron chi connectivity index (χ3n) is 12.0. The van der Waals surface area contributed by atoms with Gasteiger partial charge in [0.15, 0.2) is 0 Å². The summed E-state index contributed by atoms with van der Waals surface area (Å²) in [6.07, 6.45) is 0. The van der Waals surface area contributed by atoms with E-state index in [-0.39, 0.29) is 0 Å². The minimum atomic E-state index is 0.912. The lowest BCUT2D eigenvalue weighted by molar-refractivity contribution is 0.670. The Bertz CT molecular complexity index is 3130. The number of anilines is 3. The molecule has 62 heavy (non-hydrogen) atoms. The van der Waals surface area contributed by atoms with E-state index in [0.29, 0.717) is 0 Å². The maximum atomic E-state index is 6.35. The van der Waals surface area contributed by atoms with Crippen molar-refractivity contribution in [1.29, 1.82) is 0 Å². The molecule has 0 spiro atoms. The largest absolute Gasteiger partial charge is 0.455 e. The van der Waals surface area contributed by atoms with Crippen molar-refractivity contribution in [2.75, 3.05) is 4.90 Å². The van der Waals surface area contributed by atoms with E-state index in [1.165, 1.54) is 44.5 Å². The van der Waals surface area contributed by atoms with Crippen LogP contribution < -0.4 is 4.90 Å². The smallest absolute Gasteiger partial charge is 0.143 e. The van der Waals surface area contributed by atoms with E-state index in [2.05, 4.69) is 241 Å². The quantitative estimate of drug-likeness (QED) is 0.145. The zero-order valence-electron chi connectivity index (χ0n) is 34.0. The molecule has 2 nitrogen and oxygen atoms in total. The molecule has 292 valence electrons. The number of fused-ring (bicyclic) bond motifs is 3. The summed E-state index contributed by atoms with van der Waals surface area (Å²) in [5, 5.41) is 2.28. The number of hydrogen-bond acceptors (Lipinski definition) is 2. The van der Waals surface area contributed by atoms with Crippen molar-refractivity contribution in [3.8, 4) is 66.8 Å². The zero-order chi connectivity index (χ0) is 41.2. The summed E-state index contributed by atoms with van der Waals surface area (Å²) < 4.78 is 6.35. The van der Waals surface area contributed by atoms with Gasteiger partial charge in [-0.1, -0.05) is 206 Å². The molecular weight excluding hydrogens is 751 g/mol. The topological polar surface area (TPSA) is 16.4 Å². The van der Waals surface area contributed by atoms with E-state index < -0.39 is 0 Å². The van der Waals surface area contributed by atoms with Crippen LogP contribution in [0.4, 0.5) is 17.1 Å². The van der Waals surface area contributed by atoms with Gasteiger partial charge in [0, 0.05) is 33.4 Å². The Balaban J connectivity index is 0.896. The number of nitrogens with zero attached hydrogens (tertiary/aromatic N) is 1. The number of rotatable bonds is 9. The molecule has 11 rings (SSSR count). The third kappa shape index (κ3) is 7.14. The summed E-state index contributed by atoms with van der Waals surface area (Å²) in [5.74, 6) is 0. The third-order valence-corrected chi connectivity index (χ3v) is 12.0. The first-order chi connectivity index (χ1) is 30.7. The maximum Gasteiger partial charge on any atom is 0.143 e. The minimum Gasteiger partial charge on any atom is -0.455 e. The molecule has 0 fully saturated rings. The molecule has 0 amide bonds. The molecule has 0 radical (unpaired) electrons. The molecule has 0 unspecified atom stereocenters. The van der Waals surface area contributed by atoms with Crippen LogP contribution in [-0.4, -0.2) is 0 Å². The standard InChI is InChI=1S/C60H41NO/c1-3-10-42(11-4-1)44-18-22-46(23-19-44)49-30-36-53(37-31-49)61(54-38-32-50(33-39-54)47-24-20-45(21-25-47)43-12-5-2-6-13-43)55-40-34-51(35-41-55)48-26-28-52(29-27-48)56-15-9-16-58-57-14-7-8-17-59(57)62-60(56)58/h1-41H. The van der Waals surface area contributed by atoms with Crippen LogP contribution in [-0.2, 0) is 0 Å². The zero-order valence-corrected chi connectivity index (χ0v) is 34.0. The average Bonchev–Trinajstić information content (AvgIpc) is 3.75. The number of benzene rings is 10. The number of hydrogen-bond donors (Lipinski definition) is 0. The second-order valence-corrected chi connectivity index (χ2v) is 15.7. The Morgan fingerprint density at radius 2 is 0.532 bits per heavy atom. The Hall–Kier alpha value is -8.20. The van der Waals surface area contributed by atoms with Crippen molar-refractivity contribution in [3.05, 3.63) is 249 Å². The van der Waals surface area contributed by atoms with Gasteiger partial charge in [0.1, 0.15) is 11.2 Å². The molecule has 0 aliphatic heterocycles. The first-order valence-electron chi connectivity index (χ1n) is 21.2. The minimum absolute atomic E-state index is 0.912. The van der Waals surface area contributed by atoms with Crippen molar-refractivity contribution in [3.63, 3.8) is 0 Å².